The van der Waals surface area contributed by atoms with Gasteiger partial charge < -0.3 is 20.9 Å². The second-order valence-corrected chi connectivity index (χ2v) is 8.37. The van der Waals surface area contributed by atoms with Gasteiger partial charge in [0.2, 0.25) is 0 Å². The van der Waals surface area contributed by atoms with Gasteiger partial charge in [-0.15, -0.1) is 0 Å². The largest absolute Gasteiger partial charge is 0.382 e. The molecule has 0 aliphatic heterocycles. The van der Waals surface area contributed by atoms with Gasteiger partial charge in [0.1, 0.15) is 23.5 Å². The lowest BCUT2D eigenvalue weighted by Gasteiger charge is -2.12. The van der Waals surface area contributed by atoms with Crippen LogP contribution >= 0.6 is 11.6 Å². The summed E-state index contributed by atoms with van der Waals surface area (Å²) in [4.78, 5) is 25.3. The van der Waals surface area contributed by atoms with Crippen LogP contribution in [0, 0.1) is 6.92 Å². The van der Waals surface area contributed by atoms with Crippen molar-refractivity contribution in [2.45, 2.75) is 33.1 Å². The minimum absolute atomic E-state index is 0.102. The van der Waals surface area contributed by atoms with E-state index in [0.29, 0.717) is 34.2 Å². The van der Waals surface area contributed by atoms with Gasteiger partial charge in [0.05, 0.1) is 5.69 Å². The lowest BCUT2D eigenvalue weighted by atomic mass is 9.93. The second-order valence-electron chi connectivity index (χ2n) is 8.02. The predicted molar refractivity (Wildman–Crippen MR) is 126 cm³/mol. The first kappa shape index (κ1) is 23.0. The number of anilines is 2. The van der Waals surface area contributed by atoms with E-state index in [1.54, 1.807) is 24.3 Å². The molecule has 0 aliphatic rings. The smallest absolute Gasteiger partial charge is 0.256 e. The highest BCUT2D eigenvalue weighted by Gasteiger charge is 2.21. The third-order valence-electron chi connectivity index (χ3n) is 4.49. The lowest BCUT2D eigenvalue weighted by Crippen LogP contribution is -2.17. The van der Waals surface area contributed by atoms with E-state index < -0.39 is 0 Å². The molecule has 9 nitrogen and oxygen atoms in total. The SMILES string of the molecule is C=CNc1c(Cl)ncnc1C(N)=Nc1cc(C(=O)Nc2cc(C(C)(C)C)on2)ccc1C. The predicted octanol–water partition coefficient (Wildman–Crippen LogP) is 4.57. The molecule has 166 valence electrons. The molecule has 0 fully saturated rings. The molecule has 3 aromatic rings. The molecule has 1 aromatic carbocycles. The zero-order valence-electron chi connectivity index (χ0n) is 18.2. The number of aliphatic imine (C=N–C) groups is 1. The fraction of sp³-hybridized carbons (Fsp3) is 0.227. The van der Waals surface area contributed by atoms with Crippen molar-refractivity contribution in [1.82, 2.24) is 15.1 Å². The van der Waals surface area contributed by atoms with Crippen LogP contribution in [0.5, 0.6) is 0 Å². The van der Waals surface area contributed by atoms with Crippen LogP contribution in [0.25, 0.3) is 0 Å². The monoisotopic (exact) mass is 453 g/mol. The number of hydrogen-bond acceptors (Lipinski definition) is 7. The summed E-state index contributed by atoms with van der Waals surface area (Å²) >= 11 is 6.12. The molecule has 4 N–H and O–H groups in total. The van der Waals surface area contributed by atoms with Crippen LogP contribution in [0.3, 0.4) is 0 Å². The van der Waals surface area contributed by atoms with Crippen molar-refractivity contribution < 1.29 is 9.32 Å². The van der Waals surface area contributed by atoms with Crippen LogP contribution in [-0.4, -0.2) is 26.9 Å². The van der Waals surface area contributed by atoms with Gasteiger partial charge in [0, 0.05) is 17.0 Å². The van der Waals surface area contributed by atoms with E-state index in [9.17, 15) is 4.79 Å². The maximum atomic E-state index is 12.7. The summed E-state index contributed by atoms with van der Waals surface area (Å²) in [5.74, 6) is 0.751. The van der Waals surface area contributed by atoms with Gasteiger partial charge in [0.15, 0.2) is 16.8 Å². The van der Waals surface area contributed by atoms with E-state index in [0.717, 1.165) is 5.56 Å². The molecule has 0 unspecified atom stereocenters. The van der Waals surface area contributed by atoms with Gasteiger partial charge in [-0.05, 0) is 30.8 Å². The molecule has 0 saturated heterocycles. The van der Waals surface area contributed by atoms with Gasteiger partial charge in [-0.1, -0.05) is 50.2 Å². The number of nitrogens with one attached hydrogen (secondary N) is 2. The number of benzene rings is 1. The summed E-state index contributed by atoms with van der Waals surface area (Å²) in [6, 6.07) is 6.80. The average Bonchev–Trinajstić information content (AvgIpc) is 3.20. The van der Waals surface area contributed by atoms with Crippen LogP contribution in [0.1, 0.15) is 48.1 Å². The van der Waals surface area contributed by atoms with Crippen molar-refractivity contribution in [3.8, 4) is 0 Å². The van der Waals surface area contributed by atoms with Crippen LogP contribution in [-0.2, 0) is 5.41 Å². The Morgan fingerprint density at radius 1 is 1.28 bits per heavy atom. The van der Waals surface area contributed by atoms with Crippen molar-refractivity contribution >= 4 is 40.5 Å². The fourth-order valence-electron chi connectivity index (χ4n) is 2.72. The summed E-state index contributed by atoms with van der Waals surface area (Å²) < 4.78 is 5.31. The van der Waals surface area contributed by atoms with Crippen molar-refractivity contribution in [3.05, 3.63) is 71.1 Å². The van der Waals surface area contributed by atoms with E-state index >= 15 is 0 Å². The quantitative estimate of drug-likeness (QED) is 0.283. The van der Waals surface area contributed by atoms with Crippen LogP contribution in [0.4, 0.5) is 17.2 Å². The Kier molecular flexibility index (Phi) is 6.59. The van der Waals surface area contributed by atoms with E-state index in [1.165, 1.54) is 12.5 Å². The third-order valence-corrected chi connectivity index (χ3v) is 4.78. The number of rotatable bonds is 6. The number of halogens is 1. The number of aryl methyl sites for hydroxylation is 1. The van der Waals surface area contributed by atoms with Crippen molar-refractivity contribution in [2.75, 3.05) is 10.6 Å². The summed E-state index contributed by atoms with van der Waals surface area (Å²) in [5, 5.41) is 9.69. The van der Waals surface area contributed by atoms with Gasteiger partial charge in [0.25, 0.3) is 5.91 Å². The van der Waals surface area contributed by atoms with Gasteiger partial charge >= 0.3 is 0 Å². The summed E-state index contributed by atoms with van der Waals surface area (Å²) in [6.07, 6.45) is 2.72. The molecule has 0 bridgehead atoms. The van der Waals surface area contributed by atoms with E-state index in [2.05, 4.69) is 37.3 Å². The average molecular weight is 454 g/mol. The summed E-state index contributed by atoms with van der Waals surface area (Å²) in [6.45, 7) is 11.5. The molecule has 3 rings (SSSR count). The first-order valence-corrected chi connectivity index (χ1v) is 10.1. The highest BCUT2D eigenvalue weighted by molar-refractivity contribution is 6.32. The standard InChI is InChI=1S/C22H24ClN7O2/c1-6-25-17-18(26-11-27-19(17)23)20(24)28-14-9-13(8-7-12(14)2)21(31)29-16-10-15(32-30-16)22(3,4)5/h6-11,25H,1H2,2-5H3,(H2,24,28)(H,29,30,31). The first-order valence-electron chi connectivity index (χ1n) is 9.72. The summed E-state index contributed by atoms with van der Waals surface area (Å²) in [5.41, 5.74) is 8.38. The normalized spacial score (nSPS) is 11.8. The molecule has 1 amide bonds. The number of amidine groups is 1. The Morgan fingerprint density at radius 3 is 2.69 bits per heavy atom. The molecule has 2 aromatic heterocycles. The van der Waals surface area contributed by atoms with Crippen molar-refractivity contribution in [3.63, 3.8) is 0 Å². The molecule has 0 radical (unpaired) electrons. The number of amides is 1. The maximum Gasteiger partial charge on any atom is 0.256 e. The Hall–Kier alpha value is -3.72. The highest BCUT2D eigenvalue weighted by atomic mass is 35.5. The third kappa shape index (κ3) is 5.12. The van der Waals surface area contributed by atoms with E-state index in [-0.39, 0.29) is 22.3 Å². The molecule has 2 heterocycles. The minimum atomic E-state index is -0.354. The van der Waals surface area contributed by atoms with Crippen LogP contribution in [0.15, 0.2) is 52.9 Å². The molecular formula is C22H24ClN7O2. The van der Waals surface area contributed by atoms with Gasteiger partial charge in [-0.2, -0.15) is 0 Å². The first-order chi connectivity index (χ1) is 15.1. The van der Waals surface area contributed by atoms with Crippen molar-refractivity contribution in [1.29, 1.82) is 0 Å². The fourth-order valence-corrected chi connectivity index (χ4v) is 2.91. The van der Waals surface area contributed by atoms with Gasteiger partial charge in [-0.3, -0.25) is 4.79 Å². The Morgan fingerprint density at radius 2 is 2.03 bits per heavy atom. The number of nitrogens with zero attached hydrogens (tertiary/aromatic N) is 4. The van der Waals surface area contributed by atoms with Crippen molar-refractivity contribution in [2.24, 2.45) is 10.7 Å². The molecular weight excluding hydrogens is 430 g/mol. The Labute approximate surface area is 190 Å². The molecule has 10 heteroatoms. The zero-order valence-corrected chi connectivity index (χ0v) is 19.0. The molecule has 0 atom stereocenters. The van der Waals surface area contributed by atoms with Crippen LogP contribution < -0.4 is 16.4 Å². The molecule has 32 heavy (non-hydrogen) atoms. The minimum Gasteiger partial charge on any atom is -0.382 e. The number of nitrogens with two attached hydrogens (primary N) is 1. The second kappa shape index (κ2) is 9.19. The Bertz CT molecular complexity index is 1200. The number of carbonyl (C=O) groups is 1. The van der Waals surface area contributed by atoms with E-state index in [1.807, 2.05) is 27.7 Å². The van der Waals surface area contributed by atoms with Gasteiger partial charge in [-0.25, -0.2) is 15.0 Å². The number of carbonyl (C=O) groups excluding carboxylic acids is 1. The lowest BCUT2D eigenvalue weighted by molar-refractivity contribution is 0.102. The van der Waals surface area contributed by atoms with Crippen LogP contribution in [0.2, 0.25) is 5.15 Å². The highest BCUT2D eigenvalue weighted by Crippen LogP contribution is 2.27. The van der Waals surface area contributed by atoms with E-state index in [4.69, 9.17) is 21.9 Å². The molecule has 0 spiro atoms. The molecule has 0 aliphatic carbocycles. The molecule has 0 saturated carbocycles. The number of hydrogen-bond donors (Lipinski definition) is 3. The number of aromatic nitrogens is 3. The Balaban J connectivity index is 1.89. The zero-order chi connectivity index (χ0) is 23.5. The topological polar surface area (TPSA) is 131 Å². The summed E-state index contributed by atoms with van der Waals surface area (Å²) in [7, 11) is 0. The maximum absolute atomic E-state index is 12.7.